The van der Waals surface area contributed by atoms with Crippen LogP contribution in [-0.4, -0.2) is 35.6 Å². The summed E-state index contributed by atoms with van der Waals surface area (Å²) in [7, 11) is 1.65. The molecule has 2 aromatic carbocycles. The third-order valence-corrected chi connectivity index (χ3v) is 5.03. The van der Waals surface area contributed by atoms with E-state index in [1.165, 1.54) is 35.4 Å². The Hall–Kier alpha value is -2.92. The molecular formula is C24H27FN2O2. The summed E-state index contributed by atoms with van der Waals surface area (Å²) in [5.41, 5.74) is 4.04. The molecule has 0 aliphatic rings. The van der Waals surface area contributed by atoms with Gasteiger partial charge in [-0.25, -0.2) is 4.39 Å². The number of methoxy groups -OCH3 is 1. The number of hydrogen-bond donors (Lipinski definition) is 0. The fourth-order valence-corrected chi connectivity index (χ4v) is 3.34. The van der Waals surface area contributed by atoms with Crippen LogP contribution in [0.5, 0.6) is 0 Å². The van der Waals surface area contributed by atoms with Gasteiger partial charge in [0.25, 0.3) is 5.91 Å². The standard InChI is InChI=1S/C24H27FN2O2/c1-19-7-3-4-8-21(19)17-26-14-5-9-23(26)18-27(15-6-16-29-2)24(28)20-10-12-22(25)13-11-20/h3-5,7-14H,6,15-18H2,1-2H3. The van der Waals surface area contributed by atoms with Gasteiger partial charge in [0.1, 0.15) is 5.82 Å². The van der Waals surface area contributed by atoms with E-state index in [-0.39, 0.29) is 11.7 Å². The van der Waals surface area contributed by atoms with Crippen LogP contribution in [0.1, 0.15) is 33.6 Å². The molecule has 0 unspecified atom stereocenters. The van der Waals surface area contributed by atoms with Gasteiger partial charge >= 0.3 is 0 Å². The lowest BCUT2D eigenvalue weighted by molar-refractivity contribution is 0.0720. The molecule has 29 heavy (non-hydrogen) atoms. The Morgan fingerprint density at radius 3 is 2.55 bits per heavy atom. The first-order valence-electron chi connectivity index (χ1n) is 9.81. The van der Waals surface area contributed by atoms with Crippen molar-refractivity contribution < 1.29 is 13.9 Å². The molecule has 0 spiro atoms. The quantitative estimate of drug-likeness (QED) is 0.495. The summed E-state index contributed by atoms with van der Waals surface area (Å²) in [5, 5.41) is 0. The molecule has 1 aromatic heterocycles. The van der Waals surface area contributed by atoms with Gasteiger partial charge in [-0.15, -0.1) is 0 Å². The van der Waals surface area contributed by atoms with E-state index < -0.39 is 0 Å². The first-order chi connectivity index (χ1) is 14.1. The third kappa shape index (κ3) is 5.55. The largest absolute Gasteiger partial charge is 0.385 e. The molecule has 0 saturated carbocycles. The van der Waals surface area contributed by atoms with Crippen molar-refractivity contribution in [2.24, 2.45) is 0 Å². The molecule has 3 rings (SSSR count). The summed E-state index contributed by atoms with van der Waals surface area (Å²) >= 11 is 0. The SMILES string of the molecule is COCCCN(Cc1cccn1Cc1ccccc1C)C(=O)c1ccc(F)cc1. The summed E-state index contributed by atoms with van der Waals surface area (Å²) in [6.45, 7) is 4.50. The molecule has 0 saturated heterocycles. The Kier molecular flexibility index (Phi) is 7.19. The van der Waals surface area contributed by atoms with Gasteiger partial charge in [0, 0.05) is 44.3 Å². The van der Waals surface area contributed by atoms with E-state index in [1.54, 1.807) is 12.0 Å². The van der Waals surface area contributed by atoms with E-state index in [0.29, 0.717) is 25.3 Å². The van der Waals surface area contributed by atoms with E-state index in [1.807, 2.05) is 30.5 Å². The molecule has 5 heteroatoms. The van der Waals surface area contributed by atoms with Gasteiger partial charge in [0.15, 0.2) is 0 Å². The van der Waals surface area contributed by atoms with Gasteiger partial charge in [-0.3, -0.25) is 4.79 Å². The maximum atomic E-state index is 13.3. The number of benzene rings is 2. The predicted molar refractivity (Wildman–Crippen MR) is 112 cm³/mol. The number of aromatic nitrogens is 1. The number of hydrogen-bond acceptors (Lipinski definition) is 2. The normalized spacial score (nSPS) is 10.9. The number of ether oxygens (including phenoxy) is 1. The molecule has 1 amide bonds. The van der Waals surface area contributed by atoms with Crippen molar-refractivity contribution in [2.75, 3.05) is 20.3 Å². The zero-order chi connectivity index (χ0) is 20.6. The van der Waals surface area contributed by atoms with Gasteiger partial charge in [-0.2, -0.15) is 0 Å². The van der Waals surface area contributed by atoms with Gasteiger partial charge in [-0.05, 0) is 60.9 Å². The van der Waals surface area contributed by atoms with Crippen LogP contribution in [-0.2, 0) is 17.8 Å². The average Bonchev–Trinajstić information content (AvgIpc) is 3.16. The predicted octanol–water partition coefficient (Wildman–Crippen LogP) is 4.66. The molecule has 0 aliphatic heterocycles. The monoisotopic (exact) mass is 394 g/mol. The second kappa shape index (κ2) is 10.0. The number of carbonyl (C=O) groups is 1. The molecule has 0 fully saturated rings. The summed E-state index contributed by atoms with van der Waals surface area (Å²) in [4.78, 5) is 14.9. The van der Waals surface area contributed by atoms with Crippen molar-refractivity contribution in [2.45, 2.75) is 26.4 Å². The lowest BCUT2D eigenvalue weighted by atomic mass is 10.1. The van der Waals surface area contributed by atoms with Crippen LogP contribution in [0.2, 0.25) is 0 Å². The van der Waals surface area contributed by atoms with Crippen LogP contribution in [0.3, 0.4) is 0 Å². The van der Waals surface area contributed by atoms with Crippen molar-refractivity contribution in [1.29, 1.82) is 0 Å². The molecular weight excluding hydrogens is 367 g/mol. The van der Waals surface area contributed by atoms with Crippen LogP contribution >= 0.6 is 0 Å². The third-order valence-electron chi connectivity index (χ3n) is 5.03. The van der Waals surface area contributed by atoms with Crippen molar-refractivity contribution in [3.05, 3.63) is 95.1 Å². The van der Waals surface area contributed by atoms with E-state index in [0.717, 1.165) is 18.7 Å². The van der Waals surface area contributed by atoms with Crippen LogP contribution in [0, 0.1) is 12.7 Å². The number of rotatable bonds is 9. The molecule has 0 N–H and O–H groups in total. The molecule has 0 atom stereocenters. The highest BCUT2D eigenvalue weighted by atomic mass is 19.1. The summed E-state index contributed by atoms with van der Waals surface area (Å²) in [6.07, 6.45) is 2.78. The Balaban J connectivity index is 1.79. The Morgan fingerprint density at radius 2 is 1.83 bits per heavy atom. The first kappa shape index (κ1) is 20.8. The van der Waals surface area contributed by atoms with E-state index in [2.05, 4.69) is 23.6 Å². The number of nitrogens with zero attached hydrogens (tertiary/aromatic N) is 2. The van der Waals surface area contributed by atoms with Crippen LogP contribution < -0.4 is 0 Å². The summed E-state index contributed by atoms with van der Waals surface area (Å²) in [5.74, 6) is -0.454. The highest BCUT2D eigenvalue weighted by Gasteiger charge is 2.18. The zero-order valence-corrected chi connectivity index (χ0v) is 17.0. The Labute approximate surface area is 171 Å². The lowest BCUT2D eigenvalue weighted by Crippen LogP contribution is -2.33. The van der Waals surface area contributed by atoms with Crippen molar-refractivity contribution in [3.63, 3.8) is 0 Å². The number of amides is 1. The highest BCUT2D eigenvalue weighted by molar-refractivity contribution is 5.94. The number of aryl methyl sites for hydroxylation is 1. The molecule has 1 heterocycles. The number of carbonyl (C=O) groups excluding carboxylic acids is 1. The second-order valence-corrected chi connectivity index (χ2v) is 7.13. The average molecular weight is 394 g/mol. The smallest absolute Gasteiger partial charge is 0.254 e. The molecule has 3 aromatic rings. The van der Waals surface area contributed by atoms with Gasteiger partial charge in [0.05, 0.1) is 6.54 Å². The maximum absolute atomic E-state index is 13.3. The minimum atomic E-state index is -0.348. The van der Waals surface area contributed by atoms with Gasteiger partial charge in [0.2, 0.25) is 0 Å². The van der Waals surface area contributed by atoms with Crippen LogP contribution in [0.25, 0.3) is 0 Å². The molecule has 0 aliphatic carbocycles. The van der Waals surface area contributed by atoms with Crippen molar-refractivity contribution in [3.8, 4) is 0 Å². The van der Waals surface area contributed by atoms with Crippen LogP contribution in [0.15, 0.2) is 66.9 Å². The molecule has 0 bridgehead atoms. The van der Waals surface area contributed by atoms with E-state index in [9.17, 15) is 9.18 Å². The van der Waals surface area contributed by atoms with Crippen molar-refractivity contribution in [1.82, 2.24) is 9.47 Å². The first-order valence-corrected chi connectivity index (χ1v) is 9.81. The maximum Gasteiger partial charge on any atom is 0.254 e. The van der Waals surface area contributed by atoms with E-state index in [4.69, 9.17) is 4.74 Å². The fourth-order valence-electron chi connectivity index (χ4n) is 3.34. The summed E-state index contributed by atoms with van der Waals surface area (Å²) < 4.78 is 20.6. The van der Waals surface area contributed by atoms with E-state index >= 15 is 0 Å². The van der Waals surface area contributed by atoms with Gasteiger partial charge in [-0.1, -0.05) is 24.3 Å². The Bertz CT molecular complexity index is 934. The minimum absolute atomic E-state index is 0.107. The zero-order valence-electron chi connectivity index (χ0n) is 17.0. The second-order valence-electron chi connectivity index (χ2n) is 7.13. The van der Waals surface area contributed by atoms with Gasteiger partial charge < -0.3 is 14.2 Å². The summed E-state index contributed by atoms with van der Waals surface area (Å²) in [6, 6.07) is 18.1. The topological polar surface area (TPSA) is 34.5 Å². The Morgan fingerprint density at radius 1 is 1.07 bits per heavy atom. The lowest BCUT2D eigenvalue weighted by Gasteiger charge is -2.24. The highest BCUT2D eigenvalue weighted by Crippen LogP contribution is 2.16. The molecule has 4 nitrogen and oxygen atoms in total. The van der Waals surface area contributed by atoms with Crippen molar-refractivity contribution >= 4 is 5.91 Å². The fraction of sp³-hybridized carbons (Fsp3) is 0.292. The molecule has 0 radical (unpaired) electrons. The molecule has 152 valence electrons. The number of halogens is 1. The minimum Gasteiger partial charge on any atom is -0.385 e. The van der Waals surface area contributed by atoms with Crippen LogP contribution in [0.4, 0.5) is 4.39 Å².